The number of hydrogen-bond acceptors (Lipinski definition) is 0. The van der Waals surface area contributed by atoms with Crippen molar-refractivity contribution in [3.63, 3.8) is 0 Å². The van der Waals surface area contributed by atoms with Gasteiger partial charge in [0.15, 0.2) is 0 Å². The number of fused-ring (bicyclic) bond motifs is 7. The first-order valence-corrected chi connectivity index (χ1v) is 15.2. The molecule has 0 saturated heterocycles. The molecule has 0 N–H and O–H groups in total. The van der Waals surface area contributed by atoms with Crippen molar-refractivity contribution >= 4 is 64.9 Å². The van der Waals surface area contributed by atoms with Crippen molar-refractivity contribution in [2.24, 2.45) is 0 Å². The predicted molar refractivity (Wildman–Crippen MR) is 186 cm³/mol. The summed E-state index contributed by atoms with van der Waals surface area (Å²) >= 11 is 0. The highest BCUT2D eigenvalue weighted by atomic mass is 15.0. The lowest BCUT2D eigenvalue weighted by atomic mass is 9.90. The van der Waals surface area contributed by atoms with Gasteiger partial charge in [-0.05, 0) is 109 Å². The minimum Gasteiger partial charge on any atom is -0.341 e. The van der Waals surface area contributed by atoms with Gasteiger partial charge in [-0.2, -0.15) is 0 Å². The molecule has 0 saturated carbocycles. The number of aromatic nitrogens is 1. The van der Waals surface area contributed by atoms with Crippen molar-refractivity contribution in [1.82, 2.24) is 4.57 Å². The molecule has 0 radical (unpaired) electrons. The van der Waals surface area contributed by atoms with Gasteiger partial charge in [-0.1, -0.05) is 109 Å². The molecule has 0 bridgehead atoms. The molecule has 0 unspecified atom stereocenters. The Morgan fingerprint density at radius 2 is 0.721 bits per heavy atom. The van der Waals surface area contributed by atoms with E-state index in [1.807, 2.05) is 0 Å². The van der Waals surface area contributed by atoms with Crippen LogP contribution in [0.25, 0.3) is 87.1 Å². The molecule has 1 heteroatoms. The quantitative estimate of drug-likeness (QED) is 0.194. The molecule has 0 aliphatic rings. The Morgan fingerprint density at radius 3 is 1.07 bits per heavy atom. The summed E-state index contributed by atoms with van der Waals surface area (Å²) in [4.78, 5) is 0. The number of benzene rings is 8. The lowest BCUT2D eigenvalue weighted by Gasteiger charge is -2.13. The molecule has 0 atom stereocenters. The molecule has 0 amide bonds. The minimum atomic E-state index is 0.924. The van der Waals surface area contributed by atoms with Gasteiger partial charge in [0.1, 0.15) is 0 Å². The van der Waals surface area contributed by atoms with Crippen LogP contribution >= 0.6 is 0 Å². The van der Waals surface area contributed by atoms with Crippen molar-refractivity contribution in [1.29, 1.82) is 0 Å². The van der Waals surface area contributed by atoms with Crippen LogP contribution in [-0.4, -0.2) is 4.57 Å². The van der Waals surface area contributed by atoms with Crippen LogP contribution in [0.15, 0.2) is 146 Å². The van der Waals surface area contributed by atoms with Crippen molar-refractivity contribution in [3.05, 3.63) is 146 Å². The van der Waals surface area contributed by atoms with Crippen molar-refractivity contribution in [2.45, 2.75) is 13.5 Å². The lowest BCUT2D eigenvalue weighted by Crippen LogP contribution is -1.93. The Bertz CT molecular complexity index is 2260. The van der Waals surface area contributed by atoms with E-state index in [4.69, 9.17) is 0 Å². The summed E-state index contributed by atoms with van der Waals surface area (Å²) in [7, 11) is 0. The normalized spacial score (nSPS) is 11.9. The van der Waals surface area contributed by atoms with Gasteiger partial charge in [0, 0.05) is 28.4 Å². The van der Waals surface area contributed by atoms with Gasteiger partial charge in [0.25, 0.3) is 0 Å². The standard InChI is InChI=1S/C42H29N/c1-2-43-39-21-19-31(41-33-15-7-3-11-27(33)23-28-12-4-8-16-34(28)41)25-37(39)38-26-32(20-22-40(38)43)42-35-17-9-5-13-29(35)24-30-14-6-10-18-36(30)42/h3-26H,2H2,1H3. The Kier molecular flexibility index (Phi) is 5.24. The van der Waals surface area contributed by atoms with E-state index in [1.54, 1.807) is 0 Å². The number of nitrogens with zero attached hydrogens (tertiary/aromatic N) is 1. The number of rotatable bonds is 3. The van der Waals surface area contributed by atoms with Gasteiger partial charge in [0.2, 0.25) is 0 Å². The molecule has 1 aromatic heterocycles. The summed E-state index contributed by atoms with van der Waals surface area (Å²) in [5, 5.41) is 12.9. The second kappa shape index (κ2) is 9.31. The van der Waals surface area contributed by atoms with Gasteiger partial charge >= 0.3 is 0 Å². The molecule has 0 aliphatic carbocycles. The van der Waals surface area contributed by atoms with E-state index in [0.29, 0.717) is 0 Å². The van der Waals surface area contributed by atoms with Crippen molar-refractivity contribution < 1.29 is 0 Å². The number of hydrogen-bond donors (Lipinski definition) is 0. The molecule has 1 heterocycles. The van der Waals surface area contributed by atoms with Crippen LogP contribution in [0, 0.1) is 0 Å². The third-order valence-corrected chi connectivity index (χ3v) is 9.30. The molecule has 202 valence electrons. The fourth-order valence-corrected chi connectivity index (χ4v) is 7.41. The summed E-state index contributed by atoms with van der Waals surface area (Å²) in [5.41, 5.74) is 7.71. The van der Waals surface area contributed by atoms with E-state index in [-0.39, 0.29) is 0 Å². The number of aryl methyl sites for hydroxylation is 1. The maximum Gasteiger partial charge on any atom is 0.0491 e. The molecule has 43 heavy (non-hydrogen) atoms. The summed E-state index contributed by atoms with van der Waals surface area (Å²) < 4.78 is 2.46. The molecule has 0 spiro atoms. The molecular weight excluding hydrogens is 518 g/mol. The van der Waals surface area contributed by atoms with E-state index < -0.39 is 0 Å². The Balaban J connectivity index is 1.37. The lowest BCUT2D eigenvalue weighted by molar-refractivity contribution is 0.827. The van der Waals surface area contributed by atoms with Gasteiger partial charge < -0.3 is 4.57 Å². The third kappa shape index (κ3) is 3.58. The molecule has 9 aromatic rings. The topological polar surface area (TPSA) is 4.93 Å². The van der Waals surface area contributed by atoms with Crippen LogP contribution in [-0.2, 0) is 6.54 Å². The van der Waals surface area contributed by atoms with Gasteiger partial charge in [-0.15, -0.1) is 0 Å². The highest BCUT2D eigenvalue weighted by Gasteiger charge is 2.17. The summed E-state index contributed by atoms with van der Waals surface area (Å²) in [5.74, 6) is 0. The van der Waals surface area contributed by atoms with Crippen LogP contribution in [0.5, 0.6) is 0 Å². The highest BCUT2D eigenvalue weighted by Crippen LogP contribution is 2.42. The van der Waals surface area contributed by atoms with Crippen molar-refractivity contribution in [2.75, 3.05) is 0 Å². The zero-order valence-corrected chi connectivity index (χ0v) is 24.0. The second-order valence-corrected chi connectivity index (χ2v) is 11.6. The first-order valence-electron chi connectivity index (χ1n) is 15.2. The minimum absolute atomic E-state index is 0.924. The van der Waals surface area contributed by atoms with Crippen molar-refractivity contribution in [3.8, 4) is 22.3 Å². The highest BCUT2D eigenvalue weighted by molar-refractivity contribution is 6.18. The largest absolute Gasteiger partial charge is 0.341 e. The monoisotopic (exact) mass is 547 g/mol. The average molecular weight is 548 g/mol. The molecular formula is C42H29N. The van der Waals surface area contributed by atoms with E-state index >= 15 is 0 Å². The summed E-state index contributed by atoms with van der Waals surface area (Å²) in [6.45, 7) is 3.17. The van der Waals surface area contributed by atoms with E-state index in [9.17, 15) is 0 Å². The van der Waals surface area contributed by atoms with Gasteiger partial charge in [-0.25, -0.2) is 0 Å². The fourth-order valence-electron chi connectivity index (χ4n) is 7.41. The maximum atomic E-state index is 2.46. The summed E-state index contributed by atoms with van der Waals surface area (Å²) in [6, 6.07) is 53.9. The van der Waals surface area contributed by atoms with E-state index in [0.717, 1.165) is 6.54 Å². The summed E-state index contributed by atoms with van der Waals surface area (Å²) in [6.07, 6.45) is 0. The second-order valence-electron chi connectivity index (χ2n) is 11.6. The molecule has 1 nitrogen and oxygen atoms in total. The van der Waals surface area contributed by atoms with E-state index in [2.05, 4.69) is 157 Å². The van der Waals surface area contributed by atoms with E-state index in [1.165, 1.54) is 87.1 Å². The molecule has 0 aliphatic heterocycles. The van der Waals surface area contributed by atoms with Crippen LogP contribution in [0.1, 0.15) is 6.92 Å². The predicted octanol–water partition coefficient (Wildman–Crippen LogP) is 11.8. The zero-order valence-electron chi connectivity index (χ0n) is 24.0. The zero-order chi connectivity index (χ0) is 28.5. The average Bonchev–Trinajstić information content (AvgIpc) is 3.38. The SMILES string of the molecule is CCn1c2ccc(-c3c4ccccc4cc4ccccc34)cc2c2cc(-c3c4ccccc4cc4ccccc34)ccc21. The smallest absolute Gasteiger partial charge is 0.0491 e. The molecule has 8 aromatic carbocycles. The first-order chi connectivity index (χ1) is 21.3. The molecule has 0 fully saturated rings. The third-order valence-electron chi connectivity index (χ3n) is 9.30. The fraction of sp³-hybridized carbons (Fsp3) is 0.0476. The van der Waals surface area contributed by atoms with Crippen LogP contribution in [0.3, 0.4) is 0 Å². The maximum absolute atomic E-state index is 2.46. The van der Waals surface area contributed by atoms with Gasteiger partial charge in [0.05, 0.1) is 0 Å². The Hall–Kier alpha value is -5.40. The first kappa shape index (κ1) is 24.2. The Labute approximate surface area is 250 Å². The Morgan fingerprint density at radius 1 is 0.372 bits per heavy atom. The van der Waals surface area contributed by atoms with Gasteiger partial charge in [-0.3, -0.25) is 0 Å². The van der Waals surface area contributed by atoms with Crippen LogP contribution < -0.4 is 0 Å². The molecule has 9 rings (SSSR count). The van der Waals surface area contributed by atoms with Crippen LogP contribution in [0.4, 0.5) is 0 Å². The van der Waals surface area contributed by atoms with Crippen LogP contribution in [0.2, 0.25) is 0 Å².